The summed E-state index contributed by atoms with van der Waals surface area (Å²) in [7, 11) is 0. The van der Waals surface area contributed by atoms with Crippen LogP contribution in [0.5, 0.6) is 0 Å². The van der Waals surface area contributed by atoms with Gasteiger partial charge in [0.1, 0.15) is 0 Å². The van der Waals surface area contributed by atoms with Crippen LogP contribution in [0.15, 0.2) is 322 Å². The molecule has 0 fully saturated rings. The summed E-state index contributed by atoms with van der Waals surface area (Å²) in [4.78, 5) is 4.85. The predicted molar refractivity (Wildman–Crippen MR) is 351 cm³/mol. The van der Waals surface area contributed by atoms with Crippen molar-refractivity contribution in [1.29, 1.82) is 0 Å². The molecule has 1 aromatic heterocycles. The van der Waals surface area contributed by atoms with Crippen LogP contribution in [0.3, 0.4) is 0 Å². The van der Waals surface area contributed by atoms with Crippen LogP contribution < -0.4 is 9.80 Å². The maximum atomic E-state index is 4.06. The number of aromatic nitrogens is 1. The lowest BCUT2D eigenvalue weighted by Crippen LogP contribution is -2.26. The van der Waals surface area contributed by atoms with Gasteiger partial charge in [0.15, 0.2) is 0 Å². The molecule has 392 valence electrons. The SMILES string of the molecule is C=C/C=C(\C=C/C)n1c2ccccc2c2cc(N(c3ccc(-c4ccccc4)cc3)c3ccc(-c4ccc(N(c5ccc(-c6ccccc6)cc5)c5cccc6c5-c5ccccc5C65c6ccccc6-c6ccccc65)cc4)cc3)ccc21. The van der Waals surface area contributed by atoms with Crippen LogP contribution in [-0.4, -0.2) is 4.57 Å². The molecule has 1 heterocycles. The number of para-hydroxylation sites is 1. The van der Waals surface area contributed by atoms with Gasteiger partial charge in [0.2, 0.25) is 0 Å². The topological polar surface area (TPSA) is 11.4 Å². The molecule has 0 atom stereocenters. The minimum Gasteiger partial charge on any atom is -0.310 e. The third kappa shape index (κ3) is 8.03. The highest BCUT2D eigenvalue weighted by atomic mass is 15.2. The van der Waals surface area contributed by atoms with E-state index in [2.05, 4.69) is 337 Å². The first kappa shape index (κ1) is 49.3. The van der Waals surface area contributed by atoms with Crippen molar-refractivity contribution in [2.24, 2.45) is 0 Å². The summed E-state index contributed by atoms with van der Waals surface area (Å²) in [6, 6.07) is 107. The zero-order chi connectivity index (χ0) is 55.4. The van der Waals surface area contributed by atoms with Crippen molar-refractivity contribution < 1.29 is 0 Å². The molecule has 1 spiro atoms. The van der Waals surface area contributed by atoms with Crippen LogP contribution >= 0.6 is 0 Å². The molecule has 15 rings (SSSR count). The van der Waals surface area contributed by atoms with Gasteiger partial charge in [-0.3, -0.25) is 0 Å². The van der Waals surface area contributed by atoms with Crippen molar-refractivity contribution in [3.63, 3.8) is 0 Å². The summed E-state index contributed by atoms with van der Waals surface area (Å²) in [6.07, 6.45) is 8.17. The van der Waals surface area contributed by atoms with Gasteiger partial charge in [-0.1, -0.05) is 231 Å². The first-order valence-corrected chi connectivity index (χ1v) is 28.6. The second kappa shape index (κ2) is 20.4. The molecule has 12 aromatic carbocycles. The average Bonchev–Trinajstić information content (AvgIpc) is 2.19. The van der Waals surface area contributed by atoms with E-state index in [4.69, 9.17) is 0 Å². The van der Waals surface area contributed by atoms with E-state index in [-0.39, 0.29) is 0 Å². The Morgan fingerprint density at radius 3 is 1.29 bits per heavy atom. The highest BCUT2D eigenvalue weighted by Gasteiger charge is 2.52. The third-order valence-electron chi connectivity index (χ3n) is 17.1. The highest BCUT2D eigenvalue weighted by Crippen LogP contribution is 2.64. The maximum Gasteiger partial charge on any atom is 0.0726 e. The summed E-state index contributed by atoms with van der Waals surface area (Å²) in [5, 5.41) is 2.38. The summed E-state index contributed by atoms with van der Waals surface area (Å²) in [6.45, 7) is 6.12. The minimum atomic E-state index is -0.457. The molecule has 2 aliphatic carbocycles. The quantitative estimate of drug-likeness (QED) is 0.113. The van der Waals surface area contributed by atoms with Gasteiger partial charge in [-0.25, -0.2) is 0 Å². The van der Waals surface area contributed by atoms with Crippen LogP contribution in [0.4, 0.5) is 34.1 Å². The molecular weight excluding hydrogens is 1000 g/mol. The van der Waals surface area contributed by atoms with Crippen molar-refractivity contribution in [3.05, 3.63) is 344 Å². The number of rotatable bonds is 12. The molecule has 3 heteroatoms. The Hall–Kier alpha value is -10.7. The molecule has 83 heavy (non-hydrogen) atoms. The van der Waals surface area contributed by atoms with Crippen molar-refractivity contribution in [2.75, 3.05) is 9.80 Å². The average molecular weight is 1060 g/mol. The van der Waals surface area contributed by atoms with Crippen LogP contribution in [0.2, 0.25) is 0 Å². The Morgan fingerprint density at radius 1 is 0.361 bits per heavy atom. The normalized spacial score (nSPS) is 12.8. The minimum absolute atomic E-state index is 0.457. The van der Waals surface area contributed by atoms with Gasteiger partial charge >= 0.3 is 0 Å². The summed E-state index contributed by atoms with van der Waals surface area (Å²) < 4.78 is 2.34. The van der Waals surface area contributed by atoms with E-state index >= 15 is 0 Å². The molecule has 0 unspecified atom stereocenters. The molecule has 0 bridgehead atoms. The van der Waals surface area contributed by atoms with E-state index in [1.54, 1.807) is 0 Å². The first-order chi connectivity index (χ1) is 41.1. The van der Waals surface area contributed by atoms with Crippen LogP contribution in [0.1, 0.15) is 29.2 Å². The second-order valence-electron chi connectivity index (χ2n) is 21.6. The Morgan fingerprint density at radius 2 is 0.771 bits per heavy atom. The number of nitrogens with zero attached hydrogens (tertiary/aromatic N) is 3. The standard InChI is InChI=1S/C80H57N3/c1-3-20-61(21-4-2)83-76-34-18-14-28-69(76)71-54-66(52-53-77(71)83)81(62-44-36-57(37-45-62)55-22-7-5-8-23-55)63-46-38-59(39-47-63)60-42-50-65(51-43-60)82(64-48-40-58(41-49-64)56-24-9-6-10-25-56)78-35-19-33-75-79(78)70-29-13-17-32-74(70)80(75)72-30-15-11-26-67(72)68-27-12-16-31-73(68)80/h3-54H,1H2,2H3/b21-4-,61-20+. The van der Waals surface area contributed by atoms with Crippen molar-refractivity contribution >= 4 is 61.6 Å². The van der Waals surface area contributed by atoms with Crippen molar-refractivity contribution in [3.8, 4) is 55.6 Å². The second-order valence-corrected chi connectivity index (χ2v) is 21.6. The molecule has 13 aromatic rings. The van der Waals surface area contributed by atoms with Gasteiger partial charge in [-0.15, -0.1) is 0 Å². The number of hydrogen-bond acceptors (Lipinski definition) is 2. The summed E-state index contributed by atoms with van der Waals surface area (Å²) in [5.41, 5.74) is 26.9. The maximum absolute atomic E-state index is 4.06. The predicted octanol–water partition coefficient (Wildman–Crippen LogP) is 21.7. The lowest BCUT2D eigenvalue weighted by Gasteiger charge is -2.32. The fraction of sp³-hybridized carbons (Fsp3) is 0.0250. The monoisotopic (exact) mass is 1060 g/mol. The molecule has 0 saturated carbocycles. The van der Waals surface area contributed by atoms with Crippen LogP contribution in [0.25, 0.3) is 83.1 Å². The molecule has 0 N–H and O–H groups in total. The zero-order valence-electron chi connectivity index (χ0n) is 46.1. The Kier molecular flexibility index (Phi) is 12.1. The molecule has 0 aliphatic heterocycles. The van der Waals surface area contributed by atoms with E-state index in [0.717, 1.165) is 62.0 Å². The Labute approximate surface area is 485 Å². The van der Waals surface area contributed by atoms with E-state index in [0.29, 0.717) is 0 Å². The zero-order valence-corrected chi connectivity index (χ0v) is 46.1. The van der Waals surface area contributed by atoms with Gasteiger partial charge in [0.05, 0.1) is 22.1 Å². The van der Waals surface area contributed by atoms with E-state index in [9.17, 15) is 0 Å². The fourth-order valence-corrected chi connectivity index (χ4v) is 13.5. The number of allylic oxidation sites excluding steroid dienone is 5. The molecule has 0 saturated heterocycles. The largest absolute Gasteiger partial charge is 0.310 e. The smallest absolute Gasteiger partial charge is 0.0726 e. The molecule has 0 radical (unpaired) electrons. The van der Waals surface area contributed by atoms with Crippen LogP contribution in [-0.2, 0) is 5.41 Å². The molecular formula is C80H57N3. The van der Waals surface area contributed by atoms with E-state index < -0.39 is 5.41 Å². The number of anilines is 6. The first-order valence-electron chi connectivity index (χ1n) is 28.6. The lowest BCUT2D eigenvalue weighted by molar-refractivity contribution is 0.794. The summed E-state index contributed by atoms with van der Waals surface area (Å²) in [5.74, 6) is 0. The third-order valence-corrected chi connectivity index (χ3v) is 17.1. The molecule has 3 nitrogen and oxygen atoms in total. The number of benzene rings is 12. The van der Waals surface area contributed by atoms with Gasteiger partial charge in [0, 0.05) is 50.5 Å². The van der Waals surface area contributed by atoms with Crippen LogP contribution in [0, 0.1) is 0 Å². The van der Waals surface area contributed by atoms with E-state index in [1.165, 1.54) is 77.5 Å². The van der Waals surface area contributed by atoms with E-state index in [1.807, 2.05) is 6.08 Å². The fourth-order valence-electron chi connectivity index (χ4n) is 13.5. The van der Waals surface area contributed by atoms with Crippen molar-refractivity contribution in [1.82, 2.24) is 4.57 Å². The molecule has 2 aliphatic rings. The lowest BCUT2D eigenvalue weighted by atomic mass is 9.70. The van der Waals surface area contributed by atoms with Gasteiger partial charge in [-0.05, 0) is 170 Å². The highest BCUT2D eigenvalue weighted by molar-refractivity contribution is 6.12. The summed E-state index contributed by atoms with van der Waals surface area (Å²) >= 11 is 0. The van der Waals surface area contributed by atoms with Gasteiger partial charge in [-0.2, -0.15) is 0 Å². The number of hydrogen-bond donors (Lipinski definition) is 0. The van der Waals surface area contributed by atoms with Gasteiger partial charge < -0.3 is 14.4 Å². The Balaban J connectivity index is 0.837. The number of fused-ring (bicyclic) bond motifs is 13. The van der Waals surface area contributed by atoms with Gasteiger partial charge in [0.25, 0.3) is 0 Å². The van der Waals surface area contributed by atoms with Crippen molar-refractivity contribution in [2.45, 2.75) is 12.3 Å². The Bertz CT molecular complexity index is 4620. The molecule has 0 amide bonds.